The highest BCUT2D eigenvalue weighted by Crippen LogP contribution is 2.26. The van der Waals surface area contributed by atoms with Gasteiger partial charge in [0.25, 0.3) is 5.91 Å². The van der Waals surface area contributed by atoms with Crippen molar-refractivity contribution < 1.29 is 19.0 Å². The number of hydrazone groups is 1. The van der Waals surface area contributed by atoms with E-state index in [-0.39, 0.29) is 12.5 Å². The summed E-state index contributed by atoms with van der Waals surface area (Å²) in [5.41, 5.74) is 3.23. The fraction of sp³-hybridized carbons (Fsp3) is 0.222. The summed E-state index contributed by atoms with van der Waals surface area (Å²) in [5, 5.41) is 3.91. The molecule has 1 N–H and O–H groups in total. The highest BCUT2D eigenvalue weighted by Gasteiger charge is 2.06. The Morgan fingerprint density at radius 1 is 1.16 bits per heavy atom. The zero-order chi connectivity index (χ0) is 18.1. The molecule has 0 radical (unpaired) electrons. The van der Waals surface area contributed by atoms with E-state index in [1.54, 1.807) is 25.3 Å². The lowest BCUT2D eigenvalue weighted by Gasteiger charge is -2.10. The zero-order valence-electron chi connectivity index (χ0n) is 14.0. The Kier molecular flexibility index (Phi) is 7.28. The molecule has 0 bridgehead atoms. The minimum absolute atomic E-state index is 0.159. The molecule has 0 fully saturated rings. The number of hydrogen-bond acceptors (Lipinski definition) is 5. The predicted octanol–water partition coefficient (Wildman–Crippen LogP) is 3.39. The maximum atomic E-state index is 11.8. The fourth-order valence-corrected chi connectivity index (χ4v) is 2.52. The number of carbonyl (C=O) groups excluding carboxylic acids is 1. The van der Waals surface area contributed by atoms with Crippen molar-refractivity contribution in [3.8, 4) is 17.2 Å². The molecule has 0 aromatic heterocycles. The molecule has 25 heavy (non-hydrogen) atoms. The van der Waals surface area contributed by atoms with Gasteiger partial charge >= 0.3 is 0 Å². The number of rotatable bonds is 8. The van der Waals surface area contributed by atoms with Crippen molar-refractivity contribution in [1.29, 1.82) is 0 Å². The van der Waals surface area contributed by atoms with E-state index in [9.17, 15) is 4.79 Å². The van der Waals surface area contributed by atoms with Crippen molar-refractivity contribution in [3.05, 3.63) is 52.5 Å². The third-order valence-corrected chi connectivity index (χ3v) is 3.71. The smallest absolute Gasteiger partial charge is 0.277 e. The second kappa shape index (κ2) is 9.68. The van der Waals surface area contributed by atoms with Crippen molar-refractivity contribution in [2.24, 2.45) is 5.10 Å². The van der Waals surface area contributed by atoms with E-state index in [1.165, 1.54) is 6.21 Å². The fourth-order valence-electron chi connectivity index (χ4n) is 1.96. The van der Waals surface area contributed by atoms with Gasteiger partial charge in [0.15, 0.2) is 18.1 Å². The first kappa shape index (κ1) is 18.8. The van der Waals surface area contributed by atoms with Crippen LogP contribution in [0.5, 0.6) is 17.2 Å². The summed E-state index contributed by atoms with van der Waals surface area (Å²) < 4.78 is 16.9. The molecule has 2 rings (SSSR count). The van der Waals surface area contributed by atoms with E-state index in [4.69, 9.17) is 14.2 Å². The molecule has 132 valence electrons. The molecule has 0 unspecified atom stereocenters. The van der Waals surface area contributed by atoms with E-state index in [0.29, 0.717) is 18.1 Å². The Labute approximate surface area is 154 Å². The van der Waals surface area contributed by atoms with Crippen LogP contribution in [0.1, 0.15) is 12.5 Å². The summed E-state index contributed by atoms with van der Waals surface area (Å²) in [7, 11) is 1.60. The highest BCUT2D eigenvalue weighted by molar-refractivity contribution is 9.10. The summed E-state index contributed by atoms with van der Waals surface area (Å²) in [6, 6.07) is 12.7. The van der Waals surface area contributed by atoms with Gasteiger partial charge in [0.2, 0.25) is 0 Å². The second-order valence-corrected chi connectivity index (χ2v) is 5.71. The molecule has 2 aromatic rings. The summed E-state index contributed by atoms with van der Waals surface area (Å²) in [4.78, 5) is 11.8. The number of amides is 1. The summed E-state index contributed by atoms with van der Waals surface area (Å²) >= 11 is 3.39. The van der Waals surface area contributed by atoms with Crippen LogP contribution >= 0.6 is 15.9 Å². The van der Waals surface area contributed by atoms with Gasteiger partial charge in [0, 0.05) is 0 Å². The maximum Gasteiger partial charge on any atom is 0.277 e. The molecule has 0 aliphatic carbocycles. The van der Waals surface area contributed by atoms with Crippen molar-refractivity contribution in [2.75, 3.05) is 20.3 Å². The standard InChI is InChI=1S/C18H19BrN2O4/c1-3-24-16-6-4-5-7-17(16)25-12-18(22)21-20-11-13-8-9-15(23-2)14(19)10-13/h4-11H,3,12H2,1-2H3,(H,21,22)/b20-11-. The Hall–Kier alpha value is -2.54. The van der Waals surface area contributed by atoms with E-state index < -0.39 is 0 Å². The van der Waals surface area contributed by atoms with E-state index in [2.05, 4.69) is 26.5 Å². The third-order valence-electron chi connectivity index (χ3n) is 3.09. The number of nitrogens with zero attached hydrogens (tertiary/aromatic N) is 1. The molecule has 0 spiro atoms. The lowest BCUT2D eigenvalue weighted by molar-refractivity contribution is -0.123. The number of para-hydroxylation sites is 2. The number of ether oxygens (including phenoxy) is 3. The maximum absolute atomic E-state index is 11.8. The average molecular weight is 407 g/mol. The summed E-state index contributed by atoms with van der Waals surface area (Å²) in [6.07, 6.45) is 1.54. The van der Waals surface area contributed by atoms with Crippen LogP contribution in [0.2, 0.25) is 0 Å². The summed E-state index contributed by atoms with van der Waals surface area (Å²) in [6.45, 7) is 2.25. The monoisotopic (exact) mass is 406 g/mol. The zero-order valence-corrected chi connectivity index (χ0v) is 15.6. The number of methoxy groups -OCH3 is 1. The molecule has 0 heterocycles. The molecule has 0 aliphatic rings. The van der Waals surface area contributed by atoms with Gasteiger partial charge in [-0.1, -0.05) is 12.1 Å². The average Bonchev–Trinajstić information content (AvgIpc) is 2.61. The molecule has 6 nitrogen and oxygen atoms in total. The lowest BCUT2D eigenvalue weighted by Crippen LogP contribution is -2.24. The molecule has 0 aliphatic heterocycles. The van der Waals surface area contributed by atoms with Crippen LogP contribution in [-0.4, -0.2) is 32.4 Å². The first-order valence-corrected chi connectivity index (χ1v) is 8.43. The van der Waals surface area contributed by atoms with Gasteiger partial charge in [0.05, 0.1) is 24.4 Å². The third kappa shape index (κ3) is 5.79. The van der Waals surface area contributed by atoms with Crippen LogP contribution < -0.4 is 19.6 Å². The Bertz CT molecular complexity index is 750. The van der Waals surface area contributed by atoms with Crippen LogP contribution in [-0.2, 0) is 4.79 Å². The number of nitrogens with one attached hydrogen (secondary N) is 1. The van der Waals surface area contributed by atoms with Gasteiger partial charge in [-0.2, -0.15) is 5.10 Å². The quantitative estimate of drug-likeness (QED) is 0.538. The SMILES string of the molecule is CCOc1ccccc1OCC(=O)N/N=C\c1ccc(OC)c(Br)c1. The Morgan fingerprint density at radius 2 is 1.88 bits per heavy atom. The van der Waals surface area contributed by atoms with Gasteiger partial charge in [-0.3, -0.25) is 4.79 Å². The van der Waals surface area contributed by atoms with E-state index in [0.717, 1.165) is 15.8 Å². The summed E-state index contributed by atoms with van der Waals surface area (Å²) in [5.74, 6) is 1.48. The highest BCUT2D eigenvalue weighted by atomic mass is 79.9. The molecule has 0 saturated carbocycles. The van der Waals surface area contributed by atoms with Gasteiger partial charge in [-0.15, -0.1) is 0 Å². The van der Waals surface area contributed by atoms with Crippen molar-refractivity contribution in [3.63, 3.8) is 0 Å². The van der Waals surface area contributed by atoms with Crippen LogP contribution in [0, 0.1) is 0 Å². The molecular formula is C18H19BrN2O4. The van der Waals surface area contributed by atoms with Gasteiger partial charge < -0.3 is 14.2 Å². The first-order chi connectivity index (χ1) is 12.1. The first-order valence-electron chi connectivity index (χ1n) is 7.64. The van der Waals surface area contributed by atoms with Crippen LogP contribution in [0.3, 0.4) is 0 Å². The number of hydrogen-bond donors (Lipinski definition) is 1. The number of benzene rings is 2. The molecule has 0 atom stereocenters. The van der Waals surface area contributed by atoms with Crippen molar-refractivity contribution >= 4 is 28.1 Å². The second-order valence-electron chi connectivity index (χ2n) is 4.86. The van der Waals surface area contributed by atoms with Gasteiger partial charge in [-0.25, -0.2) is 5.43 Å². The van der Waals surface area contributed by atoms with Crippen LogP contribution in [0.4, 0.5) is 0 Å². The topological polar surface area (TPSA) is 69.2 Å². The Balaban J connectivity index is 1.85. The van der Waals surface area contributed by atoms with Crippen molar-refractivity contribution in [1.82, 2.24) is 5.43 Å². The van der Waals surface area contributed by atoms with E-state index >= 15 is 0 Å². The van der Waals surface area contributed by atoms with Gasteiger partial charge in [-0.05, 0) is 58.7 Å². The molecule has 0 saturated heterocycles. The van der Waals surface area contributed by atoms with Crippen LogP contribution in [0.25, 0.3) is 0 Å². The molecule has 7 heteroatoms. The van der Waals surface area contributed by atoms with E-state index in [1.807, 2.05) is 31.2 Å². The normalized spacial score (nSPS) is 10.5. The van der Waals surface area contributed by atoms with Crippen molar-refractivity contribution in [2.45, 2.75) is 6.92 Å². The Morgan fingerprint density at radius 3 is 2.52 bits per heavy atom. The minimum Gasteiger partial charge on any atom is -0.496 e. The van der Waals surface area contributed by atoms with Crippen LogP contribution in [0.15, 0.2) is 52.0 Å². The largest absolute Gasteiger partial charge is 0.496 e. The lowest BCUT2D eigenvalue weighted by atomic mass is 10.2. The molecule has 1 amide bonds. The minimum atomic E-state index is -0.366. The molecule has 2 aromatic carbocycles. The number of carbonyl (C=O) groups is 1. The van der Waals surface area contributed by atoms with Gasteiger partial charge in [0.1, 0.15) is 5.75 Å². The number of halogens is 1. The predicted molar refractivity (Wildman–Crippen MR) is 99.5 cm³/mol. The molecular weight excluding hydrogens is 388 g/mol.